The van der Waals surface area contributed by atoms with Crippen LogP contribution in [0.2, 0.25) is 0 Å². The Hall–Kier alpha value is -3.78. The number of ether oxygens (including phenoxy) is 1. The zero-order valence-corrected chi connectivity index (χ0v) is 19.4. The molecule has 1 aromatic heterocycles. The van der Waals surface area contributed by atoms with Gasteiger partial charge in [0.1, 0.15) is 40.9 Å². The zero-order valence-electron chi connectivity index (χ0n) is 18.6. The molecule has 4 N–H and O–H groups in total. The lowest BCUT2D eigenvalue weighted by Crippen LogP contribution is -2.28. The van der Waals surface area contributed by atoms with Crippen LogP contribution in [0.5, 0.6) is 5.75 Å². The van der Waals surface area contributed by atoms with E-state index in [2.05, 4.69) is 23.7 Å². The van der Waals surface area contributed by atoms with Gasteiger partial charge in [-0.05, 0) is 42.7 Å². The van der Waals surface area contributed by atoms with Crippen LogP contribution in [0.4, 0.5) is 5.82 Å². The Morgan fingerprint density at radius 3 is 2.24 bits per heavy atom. The van der Waals surface area contributed by atoms with Gasteiger partial charge in [-0.25, -0.2) is 4.98 Å². The maximum Gasteiger partial charge on any atom is 0.143 e. The second kappa shape index (κ2) is 10.2. The topological polar surface area (TPSA) is 122 Å². The fraction of sp³-hybridized carbons (Fsp3) is 0.192. The van der Waals surface area contributed by atoms with Crippen LogP contribution in [-0.2, 0) is 11.3 Å². The number of hydrogen-bond donors (Lipinski definition) is 2. The van der Waals surface area contributed by atoms with Crippen molar-refractivity contribution in [3.05, 3.63) is 83.4 Å². The van der Waals surface area contributed by atoms with Crippen LogP contribution in [0, 0.1) is 22.7 Å². The molecule has 3 aromatic rings. The Kier molecular flexibility index (Phi) is 7.40. The third-order valence-electron chi connectivity index (χ3n) is 5.00. The minimum Gasteiger partial charge on any atom is -0.490 e. The average molecular weight is 456 g/mol. The number of aromatic nitrogens is 1. The van der Waals surface area contributed by atoms with E-state index in [0.717, 1.165) is 11.1 Å². The summed E-state index contributed by atoms with van der Waals surface area (Å²) in [6, 6.07) is 19.5. The summed E-state index contributed by atoms with van der Waals surface area (Å²) < 4.78 is 5.53. The van der Waals surface area contributed by atoms with Crippen LogP contribution in [0.3, 0.4) is 0 Å². The number of rotatable bonds is 8. The van der Waals surface area contributed by atoms with Gasteiger partial charge in [0.2, 0.25) is 0 Å². The normalized spacial score (nSPS) is 10.8. The van der Waals surface area contributed by atoms with Crippen molar-refractivity contribution in [1.82, 2.24) is 4.98 Å². The maximum atomic E-state index is 9.96. The van der Waals surface area contributed by atoms with Gasteiger partial charge in [-0.15, -0.1) is 11.8 Å². The second-order valence-corrected chi connectivity index (χ2v) is 8.95. The summed E-state index contributed by atoms with van der Waals surface area (Å²) in [6.45, 7) is 7.94. The number of hydrogen-bond acceptors (Lipinski definition) is 7. The van der Waals surface area contributed by atoms with Crippen LogP contribution in [-0.4, -0.2) is 11.6 Å². The van der Waals surface area contributed by atoms with Gasteiger partial charge in [0.25, 0.3) is 0 Å². The molecule has 6 nitrogen and oxygen atoms in total. The number of anilines is 1. The predicted molar refractivity (Wildman–Crippen MR) is 132 cm³/mol. The van der Waals surface area contributed by atoms with Crippen molar-refractivity contribution in [3.63, 3.8) is 0 Å². The highest BCUT2D eigenvalue weighted by Gasteiger charge is 2.21. The van der Waals surface area contributed by atoms with Crippen molar-refractivity contribution in [2.45, 2.75) is 30.2 Å². The molecule has 0 unspecified atom stereocenters. The van der Waals surface area contributed by atoms with E-state index >= 15 is 0 Å². The summed E-state index contributed by atoms with van der Waals surface area (Å²) in [4.78, 5) is 4.37. The quantitative estimate of drug-likeness (QED) is 0.357. The molecule has 0 aliphatic heterocycles. The molecule has 1 heterocycles. The summed E-state index contributed by atoms with van der Waals surface area (Å²) in [5.41, 5.74) is 15.6. The number of nitriles is 2. The molecule has 0 atom stereocenters. The summed E-state index contributed by atoms with van der Waals surface area (Å²) in [7, 11) is 0. The first-order valence-corrected chi connectivity index (χ1v) is 11.3. The summed E-state index contributed by atoms with van der Waals surface area (Å²) >= 11 is 1.40. The van der Waals surface area contributed by atoms with Gasteiger partial charge in [-0.2, -0.15) is 10.5 Å². The van der Waals surface area contributed by atoms with Crippen LogP contribution in [0.1, 0.15) is 36.1 Å². The Morgan fingerprint density at radius 2 is 1.70 bits per heavy atom. The monoisotopic (exact) mass is 455 g/mol. The van der Waals surface area contributed by atoms with Gasteiger partial charge >= 0.3 is 0 Å². The number of nitrogens with two attached hydrogens (primary N) is 2. The van der Waals surface area contributed by atoms with E-state index in [1.165, 1.54) is 11.8 Å². The molecule has 0 saturated heterocycles. The highest BCUT2D eigenvalue weighted by molar-refractivity contribution is 7.98. The molecule has 0 fully saturated rings. The summed E-state index contributed by atoms with van der Waals surface area (Å²) in [5.74, 6) is 1.35. The minimum absolute atomic E-state index is 0.0983. The third-order valence-corrected chi connectivity index (χ3v) is 6.05. The number of thioether (sulfide) groups is 1. The molecule has 7 heteroatoms. The predicted octanol–water partition coefficient (Wildman–Crippen LogP) is 5.13. The van der Waals surface area contributed by atoms with Crippen molar-refractivity contribution in [3.8, 4) is 29.0 Å². The molecule has 0 amide bonds. The molecule has 166 valence electrons. The smallest absolute Gasteiger partial charge is 0.143 e. The van der Waals surface area contributed by atoms with Gasteiger partial charge in [-0.1, -0.05) is 49.1 Å². The Labute approximate surface area is 198 Å². The molecule has 3 rings (SSSR count). The fourth-order valence-corrected chi connectivity index (χ4v) is 4.20. The van der Waals surface area contributed by atoms with Crippen LogP contribution in [0.25, 0.3) is 11.1 Å². The molecule has 0 spiro atoms. The molecule has 0 saturated carbocycles. The summed E-state index contributed by atoms with van der Waals surface area (Å²) in [6.07, 6.45) is 1.66. The lowest BCUT2D eigenvalue weighted by molar-refractivity contribution is 0.363. The van der Waals surface area contributed by atoms with Gasteiger partial charge in [0, 0.05) is 16.9 Å². The molecule has 0 radical (unpaired) electrons. The number of benzene rings is 2. The van der Waals surface area contributed by atoms with Crippen LogP contribution < -0.4 is 16.2 Å². The van der Waals surface area contributed by atoms with Gasteiger partial charge in [0.15, 0.2) is 0 Å². The molecule has 0 aliphatic carbocycles. The van der Waals surface area contributed by atoms with E-state index in [0.29, 0.717) is 39.8 Å². The van der Waals surface area contributed by atoms with Crippen molar-refractivity contribution in [2.75, 3.05) is 12.3 Å². The van der Waals surface area contributed by atoms with E-state index in [1.54, 1.807) is 30.3 Å². The van der Waals surface area contributed by atoms with Crippen molar-refractivity contribution in [2.24, 2.45) is 5.73 Å². The Morgan fingerprint density at radius 1 is 1.06 bits per heavy atom. The second-order valence-electron chi connectivity index (χ2n) is 7.98. The average Bonchev–Trinajstić information content (AvgIpc) is 2.81. The van der Waals surface area contributed by atoms with Crippen molar-refractivity contribution in [1.29, 1.82) is 10.5 Å². The third kappa shape index (κ3) is 5.53. The van der Waals surface area contributed by atoms with E-state index in [1.807, 2.05) is 38.1 Å². The number of pyridine rings is 1. The maximum absolute atomic E-state index is 9.96. The van der Waals surface area contributed by atoms with Crippen LogP contribution in [0.15, 0.2) is 66.2 Å². The Balaban J connectivity index is 1.95. The minimum atomic E-state index is -0.413. The number of nitrogen functional groups attached to an aromatic ring is 1. The van der Waals surface area contributed by atoms with Crippen LogP contribution >= 0.6 is 11.8 Å². The molecular formula is C26H25N5OS. The SMILES string of the molecule is C=CCOc1ccc(-c2c(C#N)c(N)nc(SCc3ccc(C(C)(C)N)cc3)c2C#N)cc1. The van der Waals surface area contributed by atoms with Gasteiger partial charge in [0.05, 0.1) is 5.56 Å². The van der Waals surface area contributed by atoms with E-state index in [-0.39, 0.29) is 11.4 Å². The number of nitrogens with zero attached hydrogens (tertiary/aromatic N) is 3. The molecular weight excluding hydrogens is 430 g/mol. The van der Waals surface area contributed by atoms with E-state index < -0.39 is 5.54 Å². The van der Waals surface area contributed by atoms with Crippen molar-refractivity contribution < 1.29 is 4.74 Å². The molecule has 0 aliphatic rings. The molecule has 33 heavy (non-hydrogen) atoms. The standard InChI is InChI=1S/C26H25N5OS/c1-4-13-32-20-11-7-18(8-12-20)23-21(14-27)24(29)31-25(22(23)15-28)33-16-17-5-9-19(10-6-17)26(2,3)30/h4-12H,1,13,16,30H2,2-3H3,(H2,29,31). The molecule has 2 aromatic carbocycles. The van der Waals surface area contributed by atoms with E-state index in [9.17, 15) is 10.5 Å². The largest absolute Gasteiger partial charge is 0.490 e. The van der Waals surface area contributed by atoms with Gasteiger partial charge < -0.3 is 16.2 Å². The first-order valence-electron chi connectivity index (χ1n) is 10.3. The van der Waals surface area contributed by atoms with Gasteiger partial charge in [-0.3, -0.25) is 0 Å². The zero-order chi connectivity index (χ0) is 24.0. The lowest BCUT2D eigenvalue weighted by Gasteiger charge is -2.19. The lowest BCUT2D eigenvalue weighted by atomic mass is 9.95. The first-order chi connectivity index (χ1) is 15.8. The molecule has 0 bridgehead atoms. The summed E-state index contributed by atoms with van der Waals surface area (Å²) in [5, 5.41) is 20.2. The highest BCUT2D eigenvalue weighted by Crippen LogP contribution is 2.37. The Bertz CT molecular complexity index is 1230. The fourth-order valence-electron chi connectivity index (χ4n) is 3.25. The first kappa shape index (κ1) is 23.9. The van der Waals surface area contributed by atoms with E-state index in [4.69, 9.17) is 16.2 Å². The highest BCUT2D eigenvalue weighted by atomic mass is 32.2. The van der Waals surface area contributed by atoms with Crippen molar-refractivity contribution >= 4 is 17.6 Å².